The van der Waals surface area contributed by atoms with Gasteiger partial charge in [0.1, 0.15) is 11.5 Å². The van der Waals surface area contributed by atoms with Crippen LogP contribution in [0.5, 0.6) is 0 Å². The first-order valence-electron chi connectivity index (χ1n) is 7.42. The van der Waals surface area contributed by atoms with Crippen molar-refractivity contribution in [2.75, 3.05) is 18.8 Å². The average Bonchev–Trinajstić information content (AvgIpc) is 2.98. The summed E-state index contributed by atoms with van der Waals surface area (Å²) in [7, 11) is 0. The third-order valence-corrected chi connectivity index (χ3v) is 5.08. The minimum atomic E-state index is -4.50. The maximum atomic E-state index is 12.5. The van der Waals surface area contributed by atoms with E-state index in [-0.39, 0.29) is 16.7 Å². The van der Waals surface area contributed by atoms with Crippen LogP contribution in [0, 0.1) is 0 Å². The Labute approximate surface area is 141 Å². The maximum absolute atomic E-state index is 12.5. The van der Waals surface area contributed by atoms with Crippen LogP contribution in [0.15, 0.2) is 41.1 Å². The second-order valence-electron chi connectivity index (χ2n) is 5.39. The smallest absolute Gasteiger partial charge is 0.433 e. The number of hydrogen-bond donors (Lipinski definition) is 0. The maximum Gasteiger partial charge on any atom is 0.433 e. The van der Waals surface area contributed by atoms with Crippen molar-refractivity contribution in [2.24, 2.45) is 0 Å². The lowest BCUT2D eigenvalue weighted by atomic mass is 10.2. The Bertz CT molecular complexity index is 686. The second kappa shape index (κ2) is 6.88. The van der Waals surface area contributed by atoms with Gasteiger partial charge in [-0.25, -0.2) is 0 Å². The van der Waals surface area contributed by atoms with Gasteiger partial charge < -0.3 is 9.32 Å². The van der Waals surface area contributed by atoms with Gasteiger partial charge in [0.2, 0.25) is 0 Å². The largest absolute Gasteiger partial charge is 0.468 e. The summed E-state index contributed by atoms with van der Waals surface area (Å²) in [4.78, 5) is 17.5. The number of rotatable bonds is 2. The van der Waals surface area contributed by atoms with Gasteiger partial charge in [-0.15, -0.1) is 11.8 Å². The Balaban J connectivity index is 1.67. The Hall–Kier alpha value is -1.96. The van der Waals surface area contributed by atoms with E-state index in [1.165, 1.54) is 6.07 Å². The quantitative estimate of drug-likeness (QED) is 0.816. The summed E-state index contributed by atoms with van der Waals surface area (Å²) in [6, 6.07) is 5.76. The zero-order valence-electron chi connectivity index (χ0n) is 12.6. The number of pyridine rings is 1. The number of alkyl halides is 3. The summed E-state index contributed by atoms with van der Waals surface area (Å²) in [5, 5.41) is 0.184. The van der Waals surface area contributed by atoms with Gasteiger partial charge in [-0.3, -0.25) is 9.78 Å². The first kappa shape index (κ1) is 16.9. The number of halogens is 3. The van der Waals surface area contributed by atoms with Crippen molar-refractivity contribution in [3.8, 4) is 0 Å². The monoisotopic (exact) mass is 356 g/mol. The Morgan fingerprint density at radius 1 is 1.29 bits per heavy atom. The summed E-state index contributed by atoms with van der Waals surface area (Å²) in [6.45, 7) is 1.07. The summed E-state index contributed by atoms with van der Waals surface area (Å²) in [5.41, 5.74) is -0.826. The Morgan fingerprint density at radius 2 is 2.12 bits per heavy atom. The lowest BCUT2D eigenvalue weighted by Gasteiger charge is -2.20. The summed E-state index contributed by atoms with van der Waals surface area (Å²) in [6.07, 6.45) is -1.15. The van der Waals surface area contributed by atoms with E-state index < -0.39 is 11.9 Å². The van der Waals surface area contributed by atoms with Gasteiger partial charge in [0.25, 0.3) is 5.91 Å². The molecule has 128 valence electrons. The molecule has 1 saturated heterocycles. The molecule has 0 radical (unpaired) electrons. The lowest BCUT2D eigenvalue weighted by Crippen LogP contribution is -2.33. The molecular weight excluding hydrogens is 341 g/mol. The number of carbonyl (C=O) groups is 1. The molecule has 0 bridgehead atoms. The lowest BCUT2D eigenvalue weighted by molar-refractivity contribution is -0.141. The number of aromatic nitrogens is 1. The van der Waals surface area contributed by atoms with Crippen molar-refractivity contribution in [3.05, 3.63) is 53.7 Å². The fourth-order valence-corrected chi connectivity index (χ4v) is 3.73. The van der Waals surface area contributed by atoms with Crippen LogP contribution >= 0.6 is 11.8 Å². The van der Waals surface area contributed by atoms with Crippen LogP contribution in [0.3, 0.4) is 0 Å². The molecular formula is C16H15F3N2O2S. The van der Waals surface area contributed by atoms with Gasteiger partial charge in [0.05, 0.1) is 17.1 Å². The zero-order valence-corrected chi connectivity index (χ0v) is 13.4. The van der Waals surface area contributed by atoms with E-state index in [4.69, 9.17) is 4.42 Å². The topological polar surface area (TPSA) is 46.3 Å². The van der Waals surface area contributed by atoms with Crippen LogP contribution in [0.25, 0.3) is 0 Å². The molecule has 1 aliphatic rings. The fourth-order valence-electron chi connectivity index (χ4n) is 2.55. The molecule has 0 aliphatic carbocycles. The van der Waals surface area contributed by atoms with E-state index >= 15 is 0 Å². The molecule has 2 aromatic heterocycles. The predicted octanol–water partition coefficient (Wildman–Crippen LogP) is 4.01. The molecule has 0 unspecified atom stereocenters. The molecule has 24 heavy (non-hydrogen) atoms. The van der Waals surface area contributed by atoms with Crippen LogP contribution < -0.4 is 0 Å². The number of carbonyl (C=O) groups excluding carboxylic acids is 1. The van der Waals surface area contributed by atoms with Gasteiger partial charge in [-0.05, 0) is 30.7 Å². The van der Waals surface area contributed by atoms with Crippen LogP contribution in [0.2, 0.25) is 0 Å². The zero-order chi connectivity index (χ0) is 17.2. The van der Waals surface area contributed by atoms with Crippen LogP contribution in [-0.2, 0) is 6.18 Å². The minimum absolute atomic E-state index is 0.171. The molecule has 0 saturated carbocycles. The van der Waals surface area contributed by atoms with Gasteiger partial charge in [0.15, 0.2) is 0 Å². The predicted molar refractivity (Wildman–Crippen MR) is 83.7 cm³/mol. The normalized spacial score (nSPS) is 19.1. The highest BCUT2D eigenvalue weighted by Gasteiger charge is 2.32. The minimum Gasteiger partial charge on any atom is -0.468 e. The molecule has 1 amide bonds. The molecule has 4 nitrogen and oxygen atoms in total. The molecule has 1 fully saturated rings. The van der Waals surface area contributed by atoms with E-state index in [2.05, 4.69) is 4.98 Å². The van der Waals surface area contributed by atoms with Gasteiger partial charge in [-0.2, -0.15) is 13.2 Å². The van der Waals surface area contributed by atoms with Crippen molar-refractivity contribution in [1.82, 2.24) is 9.88 Å². The van der Waals surface area contributed by atoms with Crippen molar-refractivity contribution >= 4 is 17.7 Å². The van der Waals surface area contributed by atoms with E-state index in [0.29, 0.717) is 13.1 Å². The highest BCUT2D eigenvalue weighted by molar-refractivity contribution is 7.99. The second-order valence-corrected chi connectivity index (χ2v) is 6.70. The number of amides is 1. The molecule has 0 N–H and O–H groups in total. The highest BCUT2D eigenvalue weighted by Crippen LogP contribution is 2.34. The summed E-state index contributed by atoms with van der Waals surface area (Å²) < 4.78 is 43.0. The summed E-state index contributed by atoms with van der Waals surface area (Å²) >= 11 is 1.71. The number of nitrogens with zero attached hydrogens (tertiary/aromatic N) is 2. The number of furan rings is 1. The van der Waals surface area contributed by atoms with E-state index in [1.54, 1.807) is 22.9 Å². The SMILES string of the molecule is O=C(c1ccc(C(F)(F)F)nc1)N1CCS[C@H](c2ccco2)CC1. The third-order valence-electron chi connectivity index (χ3n) is 3.79. The van der Waals surface area contributed by atoms with Crippen molar-refractivity contribution < 1.29 is 22.4 Å². The number of hydrogen-bond acceptors (Lipinski definition) is 4. The number of thioether (sulfide) groups is 1. The molecule has 2 aromatic rings. The molecule has 0 spiro atoms. The van der Waals surface area contributed by atoms with Gasteiger partial charge >= 0.3 is 6.18 Å². The van der Waals surface area contributed by atoms with E-state index in [1.807, 2.05) is 12.1 Å². The van der Waals surface area contributed by atoms with Crippen molar-refractivity contribution in [2.45, 2.75) is 17.8 Å². The standard InChI is InChI=1S/C16H15F3N2O2S/c17-16(18,19)14-4-3-11(10-20-14)15(22)21-6-5-13(24-9-7-21)12-2-1-8-23-12/h1-4,8,10,13H,5-7,9H2/t13-/m0/s1. The molecule has 1 atom stereocenters. The van der Waals surface area contributed by atoms with Crippen LogP contribution in [0.4, 0.5) is 13.2 Å². The summed E-state index contributed by atoms with van der Waals surface area (Å²) in [5.74, 6) is 1.33. The van der Waals surface area contributed by atoms with Crippen LogP contribution in [-0.4, -0.2) is 34.6 Å². The van der Waals surface area contributed by atoms with Crippen molar-refractivity contribution in [1.29, 1.82) is 0 Å². The Morgan fingerprint density at radius 3 is 2.75 bits per heavy atom. The van der Waals surface area contributed by atoms with Gasteiger partial charge in [0, 0.05) is 25.0 Å². The van der Waals surface area contributed by atoms with Crippen molar-refractivity contribution in [3.63, 3.8) is 0 Å². The molecule has 1 aliphatic heterocycles. The third kappa shape index (κ3) is 3.75. The van der Waals surface area contributed by atoms with Crippen LogP contribution in [0.1, 0.15) is 33.5 Å². The first-order valence-corrected chi connectivity index (χ1v) is 8.47. The fraction of sp³-hybridized carbons (Fsp3) is 0.375. The Kier molecular flexibility index (Phi) is 4.84. The van der Waals surface area contributed by atoms with Gasteiger partial charge in [-0.1, -0.05) is 0 Å². The molecule has 0 aromatic carbocycles. The average molecular weight is 356 g/mol. The highest BCUT2D eigenvalue weighted by atomic mass is 32.2. The van der Waals surface area contributed by atoms with E-state index in [0.717, 1.165) is 30.2 Å². The first-order chi connectivity index (χ1) is 11.4. The van der Waals surface area contributed by atoms with E-state index in [9.17, 15) is 18.0 Å². The molecule has 8 heteroatoms. The molecule has 3 heterocycles. The molecule has 3 rings (SSSR count).